The Morgan fingerprint density at radius 1 is 0.220 bits per heavy atom. The molecule has 0 saturated carbocycles. The Kier molecular flexibility index (Phi) is 21.1. The van der Waals surface area contributed by atoms with E-state index in [0.717, 1.165) is 38.9 Å². The van der Waals surface area contributed by atoms with Gasteiger partial charge in [-0.15, -0.1) is 0 Å². The average Bonchev–Trinajstić information content (AvgIpc) is 0.784. The molecule has 1 heteroatoms. The Hall–Kier alpha value is -4.72. The van der Waals surface area contributed by atoms with Crippen molar-refractivity contribution in [3.63, 3.8) is 0 Å². The van der Waals surface area contributed by atoms with Gasteiger partial charge in [-0.1, -0.05) is 304 Å². The fraction of sp³-hybridized carbons (Fsp3) is 0.600. The van der Waals surface area contributed by atoms with Gasteiger partial charge in [0.2, 0.25) is 0 Å². The zero-order valence-corrected chi connectivity index (χ0v) is 65.6. The van der Waals surface area contributed by atoms with Crippen molar-refractivity contribution in [1.29, 1.82) is 0 Å². The van der Waals surface area contributed by atoms with Gasteiger partial charge in [-0.25, -0.2) is 0 Å². The molecule has 0 aliphatic carbocycles. The smallest absolute Gasteiger partial charge is 0.00224 e. The van der Waals surface area contributed by atoms with Crippen LogP contribution < -0.4 is 0 Å². The highest BCUT2D eigenvalue weighted by atomic mass is 15.1. The molecule has 6 aromatic rings. The first-order chi connectivity index (χ1) is 40.7. The maximum absolute atomic E-state index is 4.14. The highest BCUT2D eigenvalue weighted by molar-refractivity contribution is 5.75. The zero-order chi connectivity index (χ0) is 69.6. The highest BCUT2D eigenvalue weighted by Crippen LogP contribution is 2.46. The first-order valence-electron chi connectivity index (χ1n) is 35.2. The molecular weight excluding hydrogens is 1090 g/mol. The fourth-order valence-electron chi connectivity index (χ4n) is 12.7. The zero-order valence-electron chi connectivity index (χ0n) is 65.6. The lowest BCUT2D eigenvalue weighted by atomic mass is 9.73. The summed E-state index contributed by atoms with van der Waals surface area (Å²) >= 11 is 0. The molecule has 0 fully saturated rings. The number of hydrogen-bond donors (Lipinski definition) is 0. The van der Waals surface area contributed by atoms with Crippen LogP contribution in [0.3, 0.4) is 0 Å². The SMILES string of the molecule is CC(C)(C)c1[c]c(-c2cc(C(C)(C)C)cc(C(C)(C)C)c2CCN(CCc2c(-c3[c]c(C(C)(C)C)cc(C(C)(C)C)c3)cc(C(C)(C)C)cc2C(C)(C)C)CCc2c(-c3[c]c(C(C)(C)C)cc(C(C)(C)C)c3)cc(C(C)(C)C)cc2C(C)(C)C)cc(C(C)(C)C)c1. The van der Waals surface area contributed by atoms with Crippen molar-refractivity contribution in [1.82, 2.24) is 4.90 Å². The third kappa shape index (κ3) is 18.6. The summed E-state index contributed by atoms with van der Waals surface area (Å²) in [6, 6.07) is 42.7. The second-order valence-corrected chi connectivity index (χ2v) is 40.3. The predicted molar refractivity (Wildman–Crippen MR) is 404 cm³/mol. The molecule has 0 aliphatic rings. The molecule has 0 spiro atoms. The van der Waals surface area contributed by atoms with Gasteiger partial charge in [0.1, 0.15) is 0 Å². The molecule has 0 N–H and O–H groups in total. The van der Waals surface area contributed by atoms with E-state index in [4.69, 9.17) is 0 Å². The van der Waals surface area contributed by atoms with Crippen LogP contribution in [0.15, 0.2) is 72.8 Å². The molecule has 0 atom stereocenters. The Bertz CT molecular complexity index is 3070. The molecule has 6 rings (SSSR count). The second-order valence-electron chi connectivity index (χ2n) is 40.3. The van der Waals surface area contributed by atoms with Crippen molar-refractivity contribution in [3.8, 4) is 33.4 Å². The molecule has 3 radical (unpaired) electrons. The van der Waals surface area contributed by atoms with Gasteiger partial charge in [0, 0.05) is 19.6 Å². The summed E-state index contributed by atoms with van der Waals surface area (Å²) in [6.45, 7) is 88.7. The number of nitrogens with zero attached hydrogens (tertiary/aromatic N) is 1. The standard InChI is InChI=1S/C90H132N/c1-79(2,3)61-43-58(44-62(49-61)80(4,5)6)73-52-67(85(19,20)21)55-76(88(28,29)30)70(73)37-40-91(41-38-71-74(53-68(86(22,23)24)56-77(71)89(31,32)33)59-45-63(81(7,8)9)50-64(46-59)82(10,11)12)42-39-72-75(54-69(87(25,26)27)57-78(72)90(34,35)36)60-47-65(83(13,14)15)51-66(48-60)84(16,17)18/h43,45,47,49-57H,37-42H2,1-36H3. The van der Waals surface area contributed by atoms with Crippen LogP contribution in [0.5, 0.6) is 0 Å². The molecule has 0 bridgehead atoms. The van der Waals surface area contributed by atoms with E-state index >= 15 is 0 Å². The number of benzene rings is 6. The Balaban J connectivity index is 1.73. The molecule has 0 saturated heterocycles. The molecular formula is C90H132N. The molecule has 6 aromatic carbocycles. The summed E-state index contributed by atoms with van der Waals surface area (Å²) in [5.74, 6) is 0. The van der Waals surface area contributed by atoms with Crippen molar-refractivity contribution in [2.75, 3.05) is 19.6 Å². The van der Waals surface area contributed by atoms with E-state index in [1.54, 1.807) is 0 Å². The van der Waals surface area contributed by atoms with Gasteiger partial charge >= 0.3 is 0 Å². The topological polar surface area (TPSA) is 3.24 Å². The molecule has 91 heavy (non-hydrogen) atoms. The Labute approximate surface area is 562 Å². The Morgan fingerprint density at radius 2 is 0.407 bits per heavy atom. The van der Waals surface area contributed by atoms with Crippen LogP contribution >= 0.6 is 0 Å². The van der Waals surface area contributed by atoms with Crippen LogP contribution in [-0.2, 0) is 84.2 Å². The van der Waals surface area contributed by atoms with E-state index in [9.17, 15) is 0 Å². The quantitative estimate of drug-likeness (QED) is 0.118. The molecule has 0 aliphatic heterocycles. The average molecular weight is 1230 g/mol. The van der Waals surface area contributed by atoms with Crippen LogP contribution in [0, 0.1) is 18.2 Å². The van der Waals surface area contributed by atoms with E-state index < -0.39 is 0 Å². The van der Waals surface area contributed by atoms with Crippen molar-refractivity contribution >= 4 is 0 Å². The maximum atomic E-state index is 4.14. The minimum Gasteiger partial charge on any atom is -0.302 e. The van der Waals surface area contributed by atoms with Crippen LogP contribution in [0.25, 0.3) is 33.4 Å². The van der Waals surface area contributed by atoms with E-state index in [-0.39, 0.29) is 65.0 Å². The van der Waals surface area contributed by atoms with Gasteiger partial charge in [-0.3, -0.25) is 0 Å². The van der Waals surface area contributed by atoms with E-state index in [2.05, 4.69) is 345 Å². The highest BCUT2D eigenvalue weighted by Gasteiger charge is 2.34. The van der Waals surface area contributed by atoms with Crippen molar-refractivity contribution in [2.45, 2.75) is 333 Å². The van der Waals surface area contributed by atoms with E-state index in [1.807, 2.05) is 0 Å². The van der Waals surface area contributed by atoms with Crippen molar-refractivity contribution < 1.29 is 0 Å². The van der Waals surface area contributed by atoms with Gasteiger partial charge in [0.05, 0.1) is 0 Å². The van der Waals surface area contributed by atoms with Crippen molar-refractivity contribution in [3.05, 3.63) is 174 Å². The molecule has 1 nitrogen and oxygen atoms in total. The maximum Gasteiger partial charge on any atom is 0.00224 e. The third-order valence-corrected chi connectivity index (χ3v) is 19.3. The summed E-state index contributed by atoms with van der Waals surface area (Å²) in [5, 5.41) is 0. The molecule has 497 valence electrons. The fourth-order valence-corrected chi connectivity index (χ4v) is 12.7. The summed E-state index contributed by atoms with van der Waals surface area (Å²) in [7, 11) is 0. The van der Waals surface area contributed by atoms with Gasteiger partial charge < -0.3 is 4.90 Å². The summed E-state index contributed by atoms with van der Waals surface area (Å²) in [5.41, 5.74) is 27.6. The summed E-state index contributed by atoms with van der Waals surface area (Å²) in [4.78, 5) is 2.89. The number of rotatable bonds is 12. The van der Waals surface area contributed by atoms with Gasteiger partial charge in [-0.05, 0) is 237 Å². The normalized spacial score (nSPS) is 14.1. The first kappa shape index (κ1) is 75.3. The lowest BCUT2D eigenvalue weighted by Crippen LogP contribution is -2.33. The molecule has 0 aromatic heterocycles. The molecule has 0 heterocycles. The lowest BCUT2D eigenvalue weighted by Gasteiger charge is -2.34. The predicted octanol–water partition coefficient (Wildman–Crippen LogP) is 25.0. The molecule has 0 amide bonds. The van der Waals surface area contributed by atoms with Crippen LogP contribution in [0.4, 0.5) is 0 Å². The minimum absolute atomic E-state index is 0.0404. The lowest BCUT2D eigenvalue weighted by molar-refractivity contribution is 0.282. The van der Waals surface area contributed by atoms with Crippen LogP contribution in [0.2, 0.25) is 0 Å². The van der Waals surface area contributed by atoms with Gasteiger partial charge in [-0.2, -0.15) is 0 Å². The van der Waals surface area contributed by atoms with E-state index in [0.29, 0.717) is 0 Å². The van der Waals surface area contributed by atoms with Crippen LogP contribution in [0.1, 0.15) is 333 Å². The number of hydrogen-bond acceptors (Lipinski definition) is 1. The second kappa shape index (κ2) is 25.4. The summed E-state index contributed by atoms with van der Waals surface area (Å²) in [6.07, 6.45) is 2.71. The van der Waals surface area contributed by atoms with E-state index in [1.165, 1.54) is 117 Å². The monoisotopic (exact) mass is 1230 g/mol. The largest absolute Gasteiger partial charge is 0.302 e. The summed E-state index contributed by atoms with van der Waals surface area (Å²) < 4.78 is 0. The minimum atomic E-state index is -0.116. The van der Waals surface area contributed by atoms with Gasteiger partial charge in [0.25, 0.3) is 0 Å². The Morgan fingerprint density at radius 3 is 0.571 bits per heavy atom. The van der Waals surface area contributed by atoms with Crippen LogP contribution in [-0.4, -0.2) is 24.5 Å². The van der Waals surface area contributed by atoms with Gasteiger partial charge in [0.15, 0.2) is 0 Å². The first-order valence-corrected chi connectivity index (χ1v) is 35.2. The van der Waals surface area contributed by atoms with Crippen molar-refractivity contribution in [2.24, 2.45) is 0 Å². The molecule has 0 unspecified atom stereocenters. The third-order valence-electron chi connectivity index (χ3n) is 19.3.